The zero-order valence-electron chi connectivity index (χ0n) is 15.6. The van der Waals surface area contributed by atoms with E-state index in [0.29, 0.717) is 20.1 Å². The Morgan fingerprint density at radius 3 is 2.03 bits per heavy atom. The minimum atomic E-state index is -0.151. The molecule has 0 N–H and O–H groups in total. The molecule has 0 aliphatic carbocycles. The molecule has 3 aromatic rings. The Balaban J connectivity index is 1.66. The maximum atomic E-state index is 13.1. The molecule has 1 saturated heterocycles. The van der Waals surface area contributed by atoms with E-state index in [0.717, 1.165) is 16.8 Å². The van der Waals surface area contributed by atoms with Gasteiger partial charge in [0.05, 0.1) is 16.8 Å². The average molecular weight is 452 g/mol. The second-order valence-electron chi connectivity index (χ2n) is 6.32. The summed E-state index contributed by atoms with van der Waals surface area (Å²) in [6.07, 6.45) is 3.45. The average Bonchev–Trinajstić information content (AvgIpc) is 3.07. The molecule has 30 heavy (non-hydrogen) atoms. The van der Waals surface area contributed by atoms with Crippen molar-refractivity contribution in [2.45, 2.75) is 0 Å². The minimum Gasteiger partial charge on any atom is -0.268 e. The molecular formula is C23H15Cl2N3OS. The monoisotopic (exact) mass is 451 g/mol. The molecule has 1 heterocycles. The number of para-hydroxylation sites is 1. The van der Waals surface area contributed by atoms with E-state index < -0.39 is 0 Å². The molecule has 1 aliphatic rings. The van der Waals surface area contributed by atoms with Crippen LogP contribution >= 0.6 is 35.0 Å². The lowest BCUT2D eigenvalue weighted by molar-refractivity contribution is -0.113. The molecule has 0 saturated carbocycles. The highest BCUT2D eigenvalue weighted by Gasteiger charge is 2.34. The van der Waals surface area contributed by atoms with Gasteiger partial charge in [0, 0.05) is 10.0 Å². The first-order valence-electron chi connectivity index (χ1n) is 9.01. The van der Waals surface area contributed by atoms with Crippen LogP contribution in [0.5, 0.6) is 0 Å². The number of carbonyl (C=O) groups is 1. The fourth-order valence-electron chi connectivity index (χ4n) is 2.75. The number of amidine groups is 1. The number of carbonyl (C=O) groups excluding carboxylic acids is 1. The third-order valence-corrected chi connectivity index (χ3v) is 5.67. The molecule has 4 rings (SSSR count). The van der Waals surface area contributed by atoms with Gasteiger partial charge in [-0.15, -0.1) is 5.10 Å². The molecule has 0 bridgehead atoms. The van der Waals surface area contributed by atoms with Gasteiger partial charge >= 0.3 is 0 Å². The molecule has 0 aromatic heterocycles. The fraction of sp³-hybridized carbons (Fsp3) is 0. The van der Waals surface area contributed by atoms with Crippen LogP contribution in [0.25, 0.3) is 6.08 Å². The zero-order valence-corrected chi connectivity index (χ0v) is 17.9. The van der Waals surface area contributed by atoms with Gasteiger partial charge in [-0.1, -0.05) is 65.7 Å². The number of amides is 1. The molecule has 0 radical (unpaired) electrons. The summed E-state index contributed by atoms with van der Waals surface area (Å²) in [5.74, 6) is -0.151. The highest BCUT2D eigenvalue weighted by Crippen LogP contribution is 2.36. The number of anilines is 1. The number of hydrogen-bond acceptors (Lipinski definition) is 4. The maximum absolute atomic E-state index is 13.1. The summed E-state index contributed by atoms with van der Waals surface area (Å²) in [6.45, 7) is 0. The SMILES string of the molecule is O=C1/C(=C/c2ccc(Cl)cc2)S/C(=N\N=C\c2ccc(Cl)cc2)N1c1ccccc1. The van der Waals surface area contributed by atoms with E-state index in [1.54, 1.807) is 35.4 Å². The Kier molecular flexibility index (Phi) is 6.33. The Morgan fingerprint density at radius 2 is 1.40 bits per heavy atom. The largest absolute Gasteiger partial charge is 0.271 e. The van der Waals surface area contributed by atoms with Gasteiger partial charge in [-0.05, 0) is 65.4 Å². The van der Waals surface area contributed by atoms with Crippen LogP contribution < -0.4 is 4.90 Å². The molecule has 4 nitrogen and oxygen atoms in total. The van der Waals surface area contributed by atoms with Crippen LogP contribution in [0.1, 0.15) is 11.1 Å². The van der Waals surface area contributed by atoms with E-state index in [2.05, 4.69) is 10.2 Å². The standard InChI is InChI=1S/C23H15Cl2N3OS/c24-18-10-6-16(7-11-18)14-21-22(29)28(20-4-2-1-3-5-20)23(30-21)27-26-15-17-8-12-19(25)13-9-17/h1-15H/b21-14-,26-15+,27-23-. The molecule has 0 unspecified atom stereocenters. The van der Waals surface area contributed by atoms with Crippen LogP contribution in [0, 0.1) is 0 Å². The first-order chi connectivity index (χ1) is 14.6. The molecule has 148 valence electrons. The van der Waals surface area contributed by atoms with Crippen molar-refractivity contribution in [1.82, 2.24) is 0 Å². The van der Waals surface area contributed by atoms with E-state index in [1.165, 1.54) is 11.8 Å². The van der Waals surface area contributed by atoms with Crippen LogP contribution in [0.3, 0.4) is 0 Å². The summed E-state index contributed by atoms with van der Waals surface area (Å²) in [5.41, 5.74) is 2.48. The van der Waals surface area contributed by atoms with Crippen molar-refractivity contribution in [2.75, 3.05) is 4.90 Å². The van der Waals surface area contributed by atoms with E-state index in [-0.39, 0.29) is 5.91 Å². The Bertz CT molecular complexity index is 1140. The van der Waals surface area contributed by atoms with Crippen molar-refractivity contribution in [1.29, 1.82) is 0 Å². The summed E-state index contributed by atoms with van der Waals surface area (Å²) in [5, 5.41) is 10.3. The van der Waals surface area contributed by atoms with Crippen molar-refractivity contribution in [2.24, 2.45) is 10.2 Å². The predicted molar refractivity (Wildman–Crippen MR) is 127 cm³/mol. The number of thioether (sulfide) groups is 1. The summed E-state index contributed by atoms with van der Waals surface area (Å²) in [4.78, 5) is 15.2. The van der Waals surface area contributed by atoms with Crippen molar-refractivity contribution < 1.29 is 4.79 Å². The number of benzene rings is 3. The fourth-order valence-corrected chi connectivity index (χ4v) is 3.94. The molecule has 3 aromatic carbocycles. The van der Waals surface area contributed by atoms with Gasteiger partial charge in [0.1, 0.15) is 0 Å². The second kappa shape index (κ2) is 9.30. The topological polar surface area (TPSA) is 45.0 Å². The van der Waals surface area contributed by atoms with Gasteiger partial charge in [-0.2, -0.15) is 5.10 Å². The highest BCUT2D eigenvalue weighted by atomic mass is 35.5. The highest BCUT2D eigenvalue weighted by molar-refractivity contribution is 8.19. The van der Waals surface area contributed by atoms with Crippen LogP contribution in [-0.4, -0.2) is 17.3 Å². The zero-order chi connectivity index (χ0) is 20.9. The molecule has 0 spiro atoms. The van der Waals surface area contributed by atoms with Crippen molar-refractivity contribution in [3.05, 3.63) is 105 Å². The molecule has 1 amide bonds. The van der Waals surface area contributed by atoms with Crippen LogP contribution in [0.4, 0.5) is 5.69 Å². The quantitative estimate of drug-likeness (QED) is 0.258. The summed E-state index contributed by atoms with van der Waals surface area (Å²) in [7, 11) is 0. The second-order valence-corrected chi connectivity index (χ2v) is 8.20. The number of hydrogen-bond donors (Lipinski definition) is 0. The van der Waals surface area contributed by atoms with E-state index >= 15 is 0 Å². The Hall–Kier alpha value is -2.86. The lowest BCUT2D eigenvalue weighted by Crippen LogP contribution is -2.28. The third kappa shape index (κ3) is 4.82. The van der Waals surface area contributed by atoms with Crippen molar-refractivity contribution in [3.63, 3.8) is 0 Å². The molecule has 7 heteroatoms. The van der Waals surface area contributed by atoms with Gasteiger partial charge in [0.25, 0.3) is 5.91 Å². The van der Waals surface area contributed by atoms with Gasteiger partial charge in [0.15, 0.2) is 0 Å². The van der Waals surface area contributed by atoms with Crippen LogP contribution in [-0.2, 0) is 4.79 Å². The van der Waals surface area contributed by atoms with Gasteiger partial charge in [0.2, 0.25) is 5.17 Å². The van der Waals surface area contributed by atoms with E-state index in [9.17, 15) is 4.79 Å². The first kappa shape index (κ1) is 20.4. The lowest BCUT2D eigenvalue weighted by Gasteiger charge is -2.14. The summed E-state index contributed by atoms with van der Waals surface area (Å²) < 4.78 is 0. The molecule has 1 aliphatic heterocycles. The predicted octanol–water partition coefficient (Wildman–Crippen LogP) is 6.50. The van der Waals surface area contributed by atoms with Crippen molar-refractivity contribution in [3.8, 4) is 0 Å². The molecule has 1 fully saturated rings. The number of nitrogens with zero attached hydrogens (tertiary/aromatic N) is 3. The first-order valence-corrected chi connectivity index (χ1v) is 10.6. The van der Waals surface area contributed by atoms with Gasteiger partial charge in [-0.25, -0.2) is 0 Å². The third-order valence-electron chi connectivity index (χ3n) is 4.21. The summed E-state index contributed by atoms with van der Waals surface area (Å²) in [6, 6.07) is 24.0. The van der Waals surface area contributed by atoms with Crippen LogP contribution in [0.15, 0.2) is 94.0 Å². The lowest BCUT2D eigenvalue weighted by atomic mass is 10.2. The maximum Gasteiger partial charge on any atom is 0.271 e. The Labute approximate surface area is 188 Å². The number of halogens is 2. The normalized spacial score (nSPS) is 16.9. The molecule has 0 atom stereocenters. The van der Waals surface area contributed by atoms with E-state index in [1.807, 2.05) is 60.7 Å². The van der Waals surface area contributed by atoms with Gasteiger partial charge < -0.3 is 0 Å². The van der Waals surface area contributed by atoms with E-state index in [4.69, 9.17) is 23.2 Å². The number of rotatable bonds is 4. The summed E-state index contributed by atoms with van der Waals surface area (Å²) >= 11 is 13.1. The van der Waals surface area contributed by atoms with Gasteiger partial charge in [-0.3, -0.25) is 9.69 Å². The minimum absolute atomic E-state index is 0.151. The van der Waals surface area contributed by atoms with Crippen LogP contribution in [0.2, 0.25) is 10.0 Å². The van der Waals surface area contributed by atoms with Crippen molar-refractivity contribution >= 4 is 64.0 Å². The smallest absolute Gasteiger partial charge is 0.268 e. The molecular weight excluding hydrogens is 437 g/mol. The Morgan fingerprint density at radius 1 is 0.800 bits per heavy atom.